The van der Waals surface area contributed by atoms with Crippen molar-refractivity contribution in [3.05, 3.63) is 35.9 Å². The summed E-state index contributed by atoms with van der Waals surface area (Å²) in [7, 11) is 0. The van der Waals surface area contributed by atoms with E-state index < -0.39 is 36.4 Å². The molecule has 2 N–H and O–H groups in total. The summed E-state index contributed by atoms with van der Waals surface area (Å²) in [5, 5.41) is 11.0. The second-order valence-corrected chi connectivity index (χ2v) is 4.41. The number of aliphatic carboxylic acids is 1. The first-order valence-electron chi connectivity index (χ1n) is 5.87. The number of amides is 1. The molecule has 110 valence electrons. The summed E-state index contributed by atoms with van der Waals surface area (Å²) in [6.45, 7) is 0.880. The number of hydrogen-bond acceptors (Lipinski definition) is 2. The second kappa shape index (κ2) is 6.40. The predicted octanol–water partition coefficient (Wildman–Crippen LogP) is 2.46. The van der Waals surface area contributed by atoms with Gasteiger partial charge in [0.2, 0.25) is 0 Å². The maximum atomic E-state index is 12.4. The predicted molar refractivity (Wildman–Crippen MR) is 65.2 cm³/mol. The van der Waals surface area contributed by atoms with Crippen molar-refractivity contribution in [1.29, 1.82) is 0 Å². The quantitative estimate of drug-likeness (QED) is 0.875. The minimum Gasteiger partial charge on any atom is -0.480 e. The third-order valence-electron chi connectivity index (χ3n) is 2.79. The van der Waals surface area contributed by atoms with Crippen molar-refractivity contribution in [1.82, 2.24) is 5.32 Å². The highest BCUT2D eigenvalue weighted by Crippen LogP contribution is 2.29. The topological polar surface area (TPSA) is 66.4 Å². The number of rotatable bonds is 5. The van der Waals surface area contributed by atoms with Crippen molar-refractivity contribution >= 4 is 11.9 Å². The van der Waals surface area contributed by atoms with Crippen LogP contribution in [0.3, 0.4) is 0 Å². The monoisotopic (exact) mass is 289 g/mol. The van der Waals surface area contributed by atoms with Gasteiger partial charge in [0, 0.05) is 5.56 Å². The van der Waals surface area contributed by atoms with Crippen molar-refractivity contribution in [3.8, 4) is 0 Å². The van der Waals surface area contributed by atoms with E-state index in [4.69, 9.17) is 5.11 Å². The van der Waals surface area contributed by atoms with E-state index in [0.717, 1.165) is 6.92 Å². The van der Waals surface area contributed by atoms with Crippen LogP contribution in [0.2, 0.25) is 0 Å². The molecule has 1 aromatic rings. The molecular weight excluding hydrogens is 275 g/mol. The molecule has 0 aliphatic carbocycles. The lowest BCUT2D eigenvalue weighted by molar-refractivity contribution is -0.174. The largest absolute Gasteiger partial charge is 0.480 e. The van der Waals surface area contributed by atoms with Crippen LogP contribution in [-0.2, 0) is 4.79 Å². The van der Waals surface area contributed by atoms with Gasteiger partial charge in [0.25, 0.3) is 5.91 Å². The van der Waals surface area contributed by atoms with Crippen LogP contribution in [0.4, 0.5) is 13.2 Å². The van der Waals surface area contributed by atoms with Crippen LogP contribution in [0, 0.1) is 5.92 Å². The zero-order valence-corrected chi connectivity index (χ0v) is 10.6. The molecule has 0 aromatic heterocycles. The van der Waals surface area contributed by atoms with E-state index in [9.17, 15) is 22.8 Å². The third-order valence-corrected chi connectivity index (χ3v) is 2.79. The van der Waals surface area contributed by atoms with Crippen LogP contribution in [0.15, 0.2) is 30.3 Å². The molecule has 0 heterocycles. The Morgan fingerprint density at radius 2 is 1.80 bits per heavy atom. The first-order chi connectivity index (χ1) is 9.21. The van der Waals surface area contributed by atoms with Crippen LogP contribution in [0.5, 0.6) is 0 Å². The maximum Gasteiger partial charge on any atom is 0.391 e. The van der Waals surface area contributed by atoms with Crippen molar-refractivity contribution in [2.45, 2.75) is 25.6 Å². The van der Waals surface area contributed by atoms with E-state index in [1.54, 1.807) is 18.2 Å². The average Bonchev–Trinajstić information content (AvgIpc) is 2.37. The molecule has 1 aromatic carbocycles. The average molecular weight is 289 g/mol. The Hall–Kier alpha value is -2.05. The van der Waals surface area contributed by atoms with Gasteiger partial charge in [-0.05, 0) is 18.6 Å². The van der Waals surface area contributed by atoms with E-state index in [0.29, 0.717) is 0 Å². The molecule has 1 unspecified atom stereocenters. The van der Waals surface area contributed by atoms with Crippen LogP contribution in [0.25, 0.3) is 0 Å². The fourth-order valence-electron chi connectivity index (χ4n) is 1.54. The molecule has 0 bridgehead atoms. The summed E-state index contributed by atoms with van der Waals surface area (Å²) in [5.41, 5.74) is 0.193. The molecule has 4 nitrogen and oxygen atoms in total. The Morgan fingerprint density at radius 1 is 1.25 bits per heavy atom. The van der Waals surface area contributed by atoms with Gasteiger partial charge in [0.1, 0.15) is 6.04 Å². The lowest BCUT2D eigenvalue weighted by Crippen LogP contribution is -2.43. The highest BCUT2D eigenvalue weighted by Gasteiger charge is 2.39. The lowest BCUT2D eigenvalue weighted by Gasteiger charge is -2.20. The summed E-state index contributed by atoms with van der Waals surface area (Å²) in [6.07, 6.45) is -5.21. The van der Waals surface area contributed by atoms with Crippen molar-refractivity contribution in [2.75, 3.05) is 0 Å². The molecule has 1 amide bonds. The lowest BCUT2D eigenvalue weighted by atomic mass is 10.0. The maximum absolute atomic E-state index is 12.4. The molecule has 7 heteroatoms. The zero-order valence-electron chi connectivity index (χ0n) is 10.6. The first kappa shape index (κ1) is 16.0. The summed E-state index contributed by atoms with van der Waals surface area (Å²) >= 11 is 0. The first-order valence-corrected chi connectivity index (χ1v) is 5.87. The molecule has 0 fully saturated rings. The smallest absolute Gasteiger partial charge is 0.391 e. The third kappa shape index (κ3) is 4.56. The molecule has 0 saturated carbocycles. The fourth-order valence-corrected chi connectivity index (χ4v) is 1.54. The highest BCUT2D eigenvalue weighted by atomic mass is 19.4. The number of alkyl halides is 3. The zero-order chi connectivity index (χ0) is 15.3. The highest BCUT2D eigenvalue weighted by molar-refractivity contribution is 5.96. The van der Waals surface area contributed by atoms with Crippen molar-refractivity contribution in [3.63, 3.8) is 0 Å². The van der Waals surface area contributed by atoms with Gasteiger partial charge >= 0.3 is 12.1 Å². The summed E-state index contributed by atoms with van der Waals surface area (Å²) in [6, 6.07) is 6.12. The van der Waals surface area contributed by atoms with Gasteiger partial charge in [0.15, 0.2) is 0 Å². The molecule has 1 rings (SSSR count). The minimum absolute atomic E-state index is 0.193. The number of carboxylic acid groups (broad SMARTS) is 1. The van der Waals surface area contributed by atoms with Crippen LogP contribution in [0.1, 0.15) is 23.7 Å². The van der Waals surface area contributed by atoms with E-state index in [1.165, 1.54) is 12.1 Å². The SMILES string of the molecule is CC(C[C@H](NC(=O)c1ccccc1)C(=O)O)C(F)(F)F. The Kier molecular flexibility index (Phi) is 5.12. The molecular formula is C13H14F3NO3. The van der Waals surface area contributed by atoms with Gasteiger partial charge in [-0.1, -0.05) is 25.1 Å². The molecule has 2 atom stereocenters. The second-order valence-electron chi connectivity index (χ2n) is 4.41. The summed E-state index contributed by atoms with van der Waals surface area (Å²) in [4.78, 5) is 22.7. The van der Waals surface area contributed by atoms with Crippen LogP contribution < -0.4 is 5.32 Å². The van der Waals surface area contributed by atoms with Crippen molar-refractivity contribution in [2.24, 2.45) is 5.92 Å². The molecule has 0 spiro atoms. The van der Waals surface area contributed by atoms with Gasteiger partial charge in [-0.25, -0.2) is 4.79 Å². The van der Waals surface area contributed by atoms with Crippen LogP contribution in [-0.4, -0.2) is 29.2 Å². The van der Waals surface area contributed by atoms with Gasteiger partial charge in [0.05, 0.1) is 5.92 Å². The summed E-state index contributed by atoms with van der Waals surface area (Å²) in [5.74, 6) is -4.03. The number of carboxylic acids is 1. The summed E-state index contributed by atoms with van der Waals surface area (Å²) < 4.78 is 37.3. The Balaban J connectivity index is 2.74. The minimum atomic E-state index is -4.49. The van der Waals surface area contributed by atoms with Gasteiger partial charge < -0.3 is 10.4 Å². The number of carbonyl (C=O) groups is 2. The fraction of sp³-hybridized carbons (Fsp3) is 0.385. The number of halogens is 3. The van der Waals surface area contributed by atoms with E-state index in [-0.39, 0.29) is 5.56 Å². The molecule has 0 aliphatic rings. The normalized spacial score (nSPS) is 14.4. The van der Waals surface area contributed by atoms with Gasteiger partial charge in [-0.15, -0.1) is 0 Å². The Bertz CT molecular complexity index is 473. The number of nitrogens with one attached hydrogen (secondary N) is 1. The van der Waals surface area contributed by atoms with E-state index in [2.05, 4.69) is 5.32 Å². The Labute approximate surface area is 113 Å². The van der Waals surface area contributed by atoms with Crippen molar-refractivity contribution < 1.29 is 27.9 Å². The number of benzene rings is 1. The number of carbonyl (C=O) groups excluding carboxylic acids is 1. The van der Waals surface area contributed by atoms with Gasteiger partial charge in [-0.3, -0.25) is 4.79 Å². The van der Waals surface area contributed by atoms with Gasteiger partial charge in [-0.2, -0.15) is 13.2 Å². The molecule has 20 heavy (non-hydrogen) atoms. The van der Waals surface area contributed by atoms with E-state index >= 15 is 0 Å². The van der Waals surface area contributed by atoms with E-state index in [1.807, 2.05) is 0 Å². The Morgan fingerprint density at radius 3 is 2.25 bits per heavy atom. The standard InChI is InChI=1S/C13H14F3NO3/c1-8(13(14,15)16)7-10(12(19)20)17-11(18)9-5-3-2-4-6-9/h2-6,8,10H,7H2,1H3,(H,17,18)(H,19,20)/t8?,10-/m0/s1. The molecule has 0 radical (unpaired) electrons. The molecule has 0 aliphatic heterocycles. The number of hydrogen-bond donors (Lipinski definition) is 2. The molecule has 0 saturated heterocycles. The van der Waals surface area contributed by atoms with Crippen LogP contribution >= 0.6 is 0 Å².